The summed E-state index contributed by atoms with van der Waals surface area (Å²) in [5, 5.41) is 4.23. The predicted octanol–water partition coefficient (Wildman–Crippen LogP) is 3.49. The van der Waals surface area contributed by atoms with Crippen LogP contribution < -0.4 is 9.47 Å². The van der Waals surface area contributed by atoms with Gasteiger partial charge in [-0.3, -0.25) is 4.90 Å². The molecule has 8 heteroatoms. The van der Waals surface area contributed by atoms with Gasteiger partial charge in [0.15, 0.2) is 11.5 Å². The van der Waals surface area contributed by atoms with Crippen LogP contribution in [0.3, 0.4) is 0 Å². The van der Waals surface area contributed by atoms with Gasteiger partial charge in [0, 0.05) is 25.1 Å². The lowest BCUT2D eigenvalue weighted by Crippen LogP contribution is -2.34. The van der Waals surface area contributed by atoms with Crippen LogP contribution in [0.4, 0.5) is 0 Å². The molecule has 0 fully saturated rings. The minimum absolute atomic E-state index is 0.0451. The van der Waals surface area contributed by atoms with Gasteiger partial charge in [-0.25, -0.2) is 4.98 Å². The maximum Gasteiger partial charge on any atom is 0.244 e. The summed E-state index contributed by atoms with van der Waals surface area (Å²) in [5.74, 6) is 2.56. The van der Waals surface area contributed by atoms with Gasteiger partial charge in [-0.2, -0.15) is 4.98 Å². The van der Waals surface area contributed by atoms with Crippen LogP contribution in [0.2, 0.25) is 0 Å². The van der Waals surface area contributed by atoms with Gasteiger partial charge in [0.25, 0.3) is 0 Å². The lowest BCUT2D eigenvalue weighted by atomic mass is 10.0. The van der Waals surface area contributed by atoms with Crippen LogP contribution in [0.25, 0.3) is 11.4 Å². The number of imidazole rings is 1. The number of aromatic nitrogens is 4. The van der Waals surface area contributed by atoms with Crippen molar-refractivity contribution in [2.45, 2.75) is 25.6 Å². The Morgan fingerprint density at radius 1 is 1.07 bits per heavy atom. The highest BCUT2D eigenvalue weighted by molar-refractivity contribution is 5.61. The van der Waals surface area contributed by atoms with E-state index in [-0.39, 0.29) is 12.8 Å². The van der Waals surface area contributed by atoms with Crippen molar-refractivity contribution in [1.82, 2.24) is 25.0 Å². The first kappa shape index (κ1) is 17.2. The van der Waals surface area contributed by atoms with Gasteiger partial charge in [0.05, 0.1) is 23.8 Å². The quantitative estimate of drug-likeness (QED) is 0.560. The smallest absolute Gasteiger partial charge is 0.244 e. The molecule has 2 aliphatic rings. The molecule has 0 amide bonds. The summed E-state index contributed by atoms with van der Waals surface area (Å²) in [4.78, 5) is 14.8. The molecule has 30 heavy (non-hydrogen) atoms. The van der Waals surface area contributed by atoms with Crippen molar-refractivity contribution in [2.75, 3.05) is 6.79 Å². The summed E-state index contributed by atoms with van der Waals surface area (Å²) < 4.78 is 16.6. The zero-order chi connectivity index (χ0) is 19.9. The van der Waals surface area contributed by atoms with Crippen molar-refractivity contribution in [3.8, 4) is 22.9 Å². The Morgan fingerprint density at radius 2 is 1.97 bits per heavy atom. The fraction of sp³-hybridized carbons (Fsp3) is 0.227. The molecule has 8 nitrogen and oxygen atoms in total. The molecular formula is C22H19N5O3. The van der Waals surface area contributed by atoms with Crippen molar-refractivity contribution < 1.29 is 14.0 Å². The van der Waals surface area contributed by atoms with Crippen molar-refractivity contribution >= 4 is 0 Å². The maximum absolute atomic E-state index is 5.72. The van der Waals surface area contributed by atoms with Gasteiger partial charge in [-0.05, 0) is 23.8 Å². The first-order valence-electron chi connectivity index (χ1n) is 9.86. The van der Waals surface area contributed by atoms with Crippen molar-refractivity contribution in [1.29, 1.82) is 0 Å². The highest BCUT2D eigenvalue weighted by Gasteiger charge is 2.33. The monoisotopic (exact) mass is 401 g/mol. The highest BCUT2D eigenvalue weighted by atomic mass is 16.7. The largest absolute Gasteiger partial charge is 0.454 e. The second-order valence-corrected chi connectivity index (χ2v) is 7.46. The van der Waals surface area contributed by atoms with Crippen LogP contribution in [-0.2, 0) is 19.5 Å². The van der Waals surface area contributed by atoms with Gasteiger partial charge in [0.1, 0.15) is 0 Å². The first-order chi connectivity index (χ1) is 14.8. The standard InChI is InChI=1S/C22H19N5O3/c1-2-4-14(5-3-1)10-27-11-17-16(23-12-24-17)9-18(27)22-25-21(26-30-22)15-6-7-19-20(8-15)29-13-28-19/h1-8,12,18H,9-11,13H2,(H,23,24). The molecule has 150 valence electrons. The molecule has 2 aromatic heterocycles. The van der Waals surface area contributed by atoms with E-state index in [0.29, 0.717) is 23.9 Å². The van der Waals surface area contributed by atoms with Crippen LogP contribution >= 0.6 is 0 Å². The summed E-state index contributed by atoms with van der Waals surface area (Å²) in [6.07, 6.45) is 2.47. The van der Waals surface area contributed by atoms with Gasteiger partial charge in [-0.1, -0.05) is 35.5 Å². The number of hydrogen-bond acceptors (Lipinski definition) is 7. The van der Waals surface area contributed by atoms with E-state index in [2.05, 4.69) is 44.3 Å². The Hall–Kier alpha value is -3.65. The molecule has 1 N–H and O–H groups in total. The van der Waals surface area contributed by atoms with Crippen molar-refractivity contribution in [2.24, 2.45) is 0 Å². The Bertz CT molecular complexity index is 1190. The molecule has 0 spiro atoms. The summed E-state index contributed by atoms with van der Waals surface area (Å²) in [6.45, 7) is 1.77. The molecule has 4 aromatic rings. The Labute approximate surface area is 172 Å². The number of hydrogen-bond donors (Lipinski definition) is 1. The van der Waals surface area contributed by atoms with Gasteiger partial charge >= 0.3 is 0 Å². The molecule has 0 bridgehead atoms. The summed E-state index contributed by atoms with van der Waals surface area (Å²) in [7, 11) is 0. The number of nitrogens with zero attached hydrogens (tertiary/aromatic N) is 4. The van der Waals surface area contributed by atoms with E-state index in [1.54, 1.807) is 6.33 Å². The fourth-order valence-corrected chi connectivity index (χ4v) is 4.04. The van der Waals surface area contributed by atoms with E-state index in [9.17, 15) is 0 Å². The zero-order valence-electron chi connectivity index (χ0n) is 16.1. The van der Waals surface area contributed by atoms with Crippen molar-refractivity contribution in [3.05, 3.63) is 77.7 Å². The number of aromatic amines is 1. The molecular weight excluding hydrogens is 382 g/mol. The van der Waals surface area contributed by atoms with Crippen LogP contribution in [0.15, 0.2) is 59.4 Å². The van der Waals surface area contributed by atoms with Gasteiger partial charge in [0.2, 0.25) is 18.5 Å². The predicted molar refractivity (Wildman–Crippen MR) is 107 cm³/mol. The minimum atomic E-state index is -0.0451. The van der Waals surface area contributed by atoms with Crippen LogP contribution in [0.1, 0.15) is 28.9 Å². The topological polar surface area (TPSA) is 89.3 Å². The molecule has 0 saturated carbocycles. The van der Waals surface area contributed by atoms with E-state index in [4.69, 9.17) is 19.0 Å². The molecule has 0 radical (unpaired) electrons. The maximum atomic E-state index is 5.72. The summed E-state index contributed by atoms with van der Waals surface area (Å²) >= 11 is 0. The fourth-order valence-electron chi connectivity index (χ4n) is 4.04. The Morgan fingerprint density at radius 3 is 2.90 bits per heavy atom. The normalized spacial score (nSPS) is 17.8. The summed E-state index contributed by atoms with van der Waals surface area (Å²) in [6, 6.07) is 16.0. The lowest BCUT2D eigenvalue weighted by molar-refractivity contribution is 0.128. The molecule has 0 aliphatic carbocycles. The highest BCUT2D eigenvalue weighted by Crippen LogP contribution is 2.37. The second-order valence-electron chi connectivity index (χ2n) is 7.46. The molecule has 2 aliphatic heterocycles. The van der Waals surface area contributed by atoms with E-state index in [0.717, 1.165) is 35.8 Å². The first-order valence-corrected chi connectivity index (χ1v) is 9.86. The van der Waals surface area contributed by atoms with E-state index < -0.39 is 0 Å². The van der Waals surface area contributed by atoms with E-state index >= 15 is 0 Å². The SMILES string of the molecule is c1ccc(CN2Cc3[nH]cnc3CC2c2nc(-c3ccc4c(c3)OCO4)no2)cc1. The molecule has 1 unspecified atom stereocenters. The number of ether oxygens (including phenoxy) is 2. The number of nitrogens with one attached hydrogen (secondary N) is 1. The van der Waals surface area contributed by atoms with Crippen LogP contribution in [0, 0.1) is 0 Å². The van der Waals surface area contributed by atoms with Crippen molar-refractivity contribution in [3.63, 3.8) is 0 Å². The average molecular weight is 401 g/mol. The van der Waals surface area contributed by atoms with E-state index in [1.165, 1.54) is 5.56 Å². The zero-order valence-corrected chi connectivity index (χ0v) is 16.1. The molecule has 1 atom stereocenters. The van der Waals surface area contributed by atoms with Crippen LogP contribution in [0.5, 0.6) is 11.5 Å². The third kappa shape index (κ3) is 3.02. The molecule has 4 heterocycles. The molecule has 2 aromatic carbocycles. The second kappa shape index (κ2) is 7.00. The number of H-pyrrole nitrogens is 1. The Kier molecular flexibility index (Phi) is 4.02. The third-order valence-corrected chi connectivity index (χ3v) is 5.58. The van der Waals surface area contributed by atoms with Crippen LogP contribution in [-0.4, -0.2) is 31.8 Å². The number of fused-ring (bicyclic) bond motifs is 2. The number of rotatable bonds is 4. The minimum Gasteiger partial charge on any atom is -0.454 e. The van der Waals surface area contributed by atoms with Gasteiger partial charge in [-0.15, -0.1) is 0 Å². The van der Waals surface area contributed by atoms with E-state index in [1.807, 2.05) is 24.3 Å². The molecule has 6 rings (SSSR count). The average Bonchev–Trinajstić information content (AvgIpc) is 3.53. The lowest BCUT2D eigenvalue weighted by Gasteiger charge is -2.32. The number of benzene rings is 2. The summed E-state index contributed by atoms with van der Waals surface area (Å²) in [5.41, 5.74) is 4.26. The van der Waals surface area contributed by atoms with Gasteiger partial charge < -0.3 is 19.0 Å². The molecule has 0 saturated heterocycles. The third-order valence-electron chi connectivity index (χ3n) is 5.58. The Balaban J connectivity index is 1.32.